The Morgan fingerprint density at radius 2 is 0.870 bits per heavy atom. The van der Waals surface area contributed by atoms with E-state index >= 15 is 0 Å². The third kappa shape index (κ3) is 34.4. The average molecular weight is 507 g/mol. The number of rotatable bonds is 0. The summed E-state index contributed by atoms with van der Waals surface area (Å²) >= 11 is 0. The summed E-state index contributed by atoms with van der Waals surface area (Å²) in [6.45, 7) is 0. The first-order chi connectivity index (χ1) is 10.0. The van der Waals surface area contributed by atoms with Crippen molar-refractivity contribution in [3.8, 4) is 0 Å². The van der Waals surface area contributed by atoms with Crippen LogP contribution in [0.1, 0.15) is 51.4 Å². The summed E-state index contributed by atoms with van der Waals surface area (Å²) in [6, 6.07) is 0. The van der Waals surface area contributed by atoms with E-state index in [1.165, 1.54) is 38.5 Å². The molecule has 0 atom stereocenters. The maximum atomic E-state index is 9.75. The van der Waals surface area contributed by atoms with Gasteiger partial charge in [0, 0.05) is 39.0 Å². The second-order valence-corrected chi connectivity index (χ2v) is 4.49. The molecule has 2 rings (SSSR count). The Labute approximate surface area is 163 Å². The first kappa shape index (κ1) is 27.8. The molecule has 2 radical (unpaired) electrons. The van der Waals surface area contributed by atoms with Crippen molar-refractivity contribution in [1.82, 2.24) is 0 Å². The molecule has 0 aliphatic heterocycles. The maximum Gasteiger partial charge on any atom is 0.673 e. The summed E-state index contributed by atoms with van der Waals surface area (Å²) in [7, 11) is -6.00. The van der Waals surface area contributed by atoms with Gasteiger partial charge in [-0.1, -0.05) is 50.0 Å². The molecule has 0 saturated heterocycles. The van der Waals surface area contributed by atoms with Gasteiger partial charge in [0.05, 0.1) is 0 Å². The van der Waals surface area contributed by atoms with E-state index in [0.29, 0.717) is 0 Å². The molecule has 0 bridgehead atoms. The van der Waals surface area contributed by atoms with E-state index in [4.69, 9.17) is 0 Å². The van der Waals surface area contributed by atoms with Crippen molar-refractivity contribution >= 4 is 7.25 Å². The Bertz CT molecular complexity index is 264. The topological polar surface area (TPSA) is 0 Å². The maximum absolute atomic E-state index is 9.75. The van der Waals surface area contributed by atoms with Crippen LogP contribution in [0.4, 0.5) is 17.3 Å². The summed E-state index contributed by atoms with van der Waals surface area (Å²) < 4.78 is 39.0. The van der Waals surface area contributed by atoms with Crippen LogP contribution in [-0.2, 0) is 39.0 Å². The van der Waals surface area contributed by atoms with Gasteiger partial charge in [0.25, 0.3) is 0 Å². The molecule has 0 unspecified atom stereocenters. The summed E-state index contributed by atoms with van der Waals surface area (Å²) in [5.74, 6) is 0. The fourth-order valence-electron chi connectivity index (χ4n) is 1.57. The molecule has 23 heavy (non-hydrogen) atoms. The third-order valence-corrected chi connectivity index (χ3v) is 2.49. The quantitative estimate of drug-likeness (QED) is 0.158. The van der Waals surface area contributed by atoms with Crippen molar-refractivity contribution in [3.05, 3.63) is 48.6 Å². The Kier molecular flexibility index (Phi) is 24.2. The van der Waals surface area contributed by atoms with Gasteiger partial charge in [0.1, 0.15) is 0 Å². The van der Waals surface area contributed by atoms with E-state index in [9.17, 15) is 17.3 Å². The van der Waals surface area contributed by atoms with Gasteiger partial charge in [-0.2, -0.15) is 12.8 Å². The van der Waals surface area contributed by atoms with Crippen LogP contribution < -0.4 is 0 Å². The van der Waals surface area contributed by atoms with E-state index in [-0.39, 0.29) is 39.0 Å². The molecule has 7 heteroatoms. The molecule has 138 valence electrons. The molecule has 0 spiro atoms. The predicted octanol–water partition coefficient (Wildman–Crippen LogP) is 6.25. The Hall–Kier alpha value is -0.00831. The summed E-state index contributed by atoms with van der Waals surface area (Å²) in [5.41, 5.74) is 0. The zero-order valence-corrected chi connectivity index (χ0v) is 16.2. The fraction of sp³-hybridized carbons (Fsp3) is 0.500. The first-order valence-corrected chi connectivity index (χ1v) is 7.27. The number of halogens is 4. The van der Waals surface area contributed by atoms with Crippen molar-refractivity contribution in [2.45, 2.75) is 51.4 Å². The van der Waals surface area contributed by atoms with Gasteiger partial charge in [-0.05, 0) is 12.8 Å². The molecule has 0 nitrogen and oxygen atoms in total. The minimum atomic E-state index is -6.00. The molecule has 0 fully saturated rings. The van der Waals surface area contributed by atoms with Crippen molar-refractivity contribution in [2.24, 2.45) is 0 Å². The van der Waals surface area contributed by atoms with Crippen LogP contribution in [-0.4, -0.2) is 7.25 Å². The summed E-state index contributed by atoms with van der Waals surface area (Å²) in [6.07, 6.45) is 29.0. The minimum Gasteiger partial charge on any atom is -0.500 e. The SMILES string of the molecule is F[B-](F)(F)F.[C-]1=CCCC=CCC1.[C-]1=CCCC=CCC1.[Rh].[Rh]. The summed E-state index contributed by atoms with van der Waals surface area (Å²) in [5, 5.41) is 0. The largest absolute Gasteiger partial charge is 0.673 e. The smallest absolute Gasteiger partial charge is 0.500 e. The van der Waals surface area contributed by atoms with E-state index in [1.807, 2.05) is 0 Å². The zero-order valence-electron chi connectivity index (χ0n) is 12.9. The molecule has 0 heterocycles. The molecule has 2 aliphatic carbocycles. The second kappa shape index (κ2) is 20.0. The Morgan fingerprint density at radius 1 is 0.565 bits per heavy atom. The number of allylic oxidation sites excluding steroid dienone is 8. The molecular weight excluding hydrogens is 485 g/mol. The van der Waals surface area contributed by atoms with E-state index in [1.54, 1.807) is 0 Å². The van der Waals surface area contributed by atoms with Gasteiger partial charge in [0.15, 0.2) is 0 Å². The van der Waals surface area contributed by atoms with Crippen molar-refractivity contribution < 1.29 is 56.2 Å². The van der Waals surface area contributed by atoms with Gasteiger partial charge in [0.2, 0.25) is 0 Å². The first-order valence-electron chi connectivity index (χ1n) is 7.27. The van der Waals surface area contributed by atoms with Crippen LogP contribution in [0, 0.1) is 12.2 Å². The minimum absolute atomic E-state index is 0. The van der Waals surface area contributed by atoms with Crippen LogP contribution >= 0.6 is 0 Å². The molecule has 0 saturated carbocycles. The fourth-order valence-corrected chi connectivity index (χ4v) is 1.57. The molecule has 0 aromatic heterocycles. The molecule has 2 aliphatic rings. The summed E-state index contributed by atoms with van der Waals surface area (Å²) in [4.78, 5) is 0. The molecule has 0 aromatic carbocycles. The molecule has 0 N–H and O–H groups in total. The van der Waals surface area contributed by atoms with E-state index in [0.717, 1.165) is 12.8 Å². The van der Waals surface area contributed by atoms with Crippen LogP contribution in [0.3, 0.4) is 0 Å². The average Bonchev–Trinajstić information content (AvgIpc) is 2.24. The number of hydrogen-bond donors (Lipinski definition) is 0. The van der Waals surface area contributed by atoms with Crippen LogP contribution in [0.2, 0.25) is 0 Å². The molecule has 0 aromatic rings. The van der Waals surface area contributed by atoms with Gasteiger partial charge >= 0.3 is 7.25 Å². The molecule has 0 amide bonds. The van der Waals surface area contributed by atoms with E-state index < -0.39 is 7.25 Å². The standard InChI is InChI=1S/2C8H11.BF4.2Rh/c2*1-2-4-6-8-7-5-3-1;2-1(3,4)5;;/h2*1-2,7H,3-6H2;;;/q3*-1;;. The third-order valence-electron chi connectivity index (χ3n) is 2.49. The van der Waals surface area contributed by atoms with Gasteiger partial charge in [-0.25, -0.2) is 0 Å². The van der Waals surface area contributed by atoms with Gasteiger partial charge in [-0.15, -0.1) is 0 Å². The Balaban J connectivity index is -0.000000258. The van der Waals surface area contributed by atoms with Crippen molar-refractivity contribution in [1.29, 1.82) is 0 Å². The second-order valence-electron chi connectivity index (χ2n) is 4.49. The zero-order chi connectivity index (χ0) is 15.8. The van der Waals surface area contributed by atoms with Crippen LogP contribution in [0.25, 0.3) is 0 Å². The number of hydrogen-bond acceptors (Lipinski definition) is 0. The van der Waals surface area contributed by atoms with Crippen LogP contribution in [0.15, 0.2) is 36.5 Å². The normalized spacial score (nSPS) is 16.5. The predicted molar refractivity (Wildman–Crippen MR) is 81.0 cm³/mol. The van der Waals surface area contributed by atoms with E-state index in [2.05, 4.69) is 48.6 Å². The van der Waals surface area contributed by atoms with Crippen molar-refractivity contribution in [2.75, 3.05) is 0 Å². The van der Waals surface area contributed by atoms with Crippen molar-refractivity contribution in [3.63, 3.8) is 0 Å². The molecular formula is C16H22BF4Rh2-3. The Morgan fingerprint density at radius 3 is 1.22 bits per heavy atom. The van der Waals surface area contributed by atoms with Gasteiger partial charge in [-0.3, -0.25) is 12.2 Å². The monoisotopic (exact) mass is 507 g/mol. The van der Waals surface area contributed by atoms with Gasteiger partial charge < -0.3 is 29.4 Å². The van der Waals surface area contributed by atoms with Crippen LogP contribution in [0.5, 0.6) is 0 Å².